The lowest BCUT2D eigenvalue weighted by atomic mass is 10.2. The SMILES string of the molecule is COc1ccc(OCC[NH+]2CCN(C(=O)c3n[nH]c4ccccc34)CC2)cc1. The number of carbonyl (C=O) groups excluding carboxylic acids is 1. The highest BCUT2D eigenvalue weighted by Gasteiger charge is 2.26. The second-order valence-corrected chi connectivity index (χ2v) is 6.93. The van der Waals surface area contributed by atoms with E-state index in [1.54, 1.807) is 7.11 Å². The minimum Gasteiger partial charge on any atom is -0.497 e. The molecule has 1 aliphatic rings. The molecule has 1 aromatic heterocycles. The molecule has 2 aromatic carbocycles. The summed E-state index contributed by atoms with van der Waals surface area (Å²) in [6, 6.07) is 15.4. The van der Waals surface area contributed by atoms with E-state index in [0.29, 0.717) is 12.3 Å². The van der Waals surface area contributed by atoms with E-state index in [4.69, 9.17) is 9.47 Å². The van der Waals surface area contributed by atoms with Gasteiger partial charge in [-0.25, -0.2) is 0 Å². The van der Waals surface area contributed by atoms with Gasteiger partial charge in [0.05, 0.1) is 38.8 Å². The summed E-state index contributed by atoms with van der Waals surface area (Å²) in [4.78, 5) is 16.2. The first-order chi connectivity index (χ1) is 13.7. The molecule has 4 rings (SSSR count). The topological polar surface area (TPSA) is 71.9 Å². The second-order valence-electron chi connectivity index (χ2n) is 6.93. The Hall–Kier alpha value is -3.06. The van der Waals surface area contributed by atoms with Gasteiger partial charge in [0.1, 0.15) is 24.7 Å². The predicted octanol–water partition coefficient (Wildman–Crippen LogP) is 0.991. The normalized spacial score (nSPS) is 15.0. The summed E-state index contributed by atoms with van der Waals surface area (Å²) in [6.07, 6.45) is 0. The Morgan fingerprint density at radius 1 is 1.11 bits per heavy atom. The number of rotatable bonds is 6. The van der Waals surface area contributed by atoms with Gasteiger partial charge < -0.3 is 19.3 Å². The molecule has 0 atom stereocenters. The number of piperazine rings is 1. The van der Waals surface area contributed by atoms with Gasteiger partial charge in [-0.05, 0) is 30.3 Å². The zero-order valence-corrected chi connectivity index (χ0v) is 16.0. The first kappa shape index (κ1) is 18.3. The van der Waals surface area contributed by atoms with Crippen molar-refractivity contribution >= 4 is 16.8 Å². The van der Waals surface area contributed by atoms with Crippen LogP contribution in [0.15, 0.2) is 48.5 Å². The molecule has 146 valence electrons. The lowest BCUT2D eigenvalue weighted by Gasteiger charge is -2.31. The average Bonchev–Trinajstić information content (AvgIpc) is 3.18. The van der Waals surface area contributed by atoms with Gasteiger partial charge in [-0.2, -0.15) is 5.10 Å². The largest absolute Gasteiger partial charge is 0.497 e. The van der Waals surface area contributed by atoms with Crippen LogP contribution in [0.2, 0.25) is 0 Å². The molecular formula is C21H25N4O3+. The van der Waals surface area contributed by atoms with E-state index in [9.17, 15) is 4.79 Å². The lowest BCUT2D eigenvalue weighted by Crippen LogP contribution is -3.15. The first-order valence-corrected chi connectivity index (χ1v) is 9.57. The van der Waals surface area contributed by atoms with Crippen molar-refractivity contribution in [3.05, 3.63) is 54.2 Å². The second kappa shape index (κ2) is 8.31. The Balaban J connectivity index is 1.25. The molecule has 1 saturated heterocycles. The molecule has 2 N–H and O–H groups in total. The molecule has 1 aliphatic heterocycles. The highest BCUT2D eigenvalue weighted by molar-refractivity contribution is 6.04. The van der Waals surface area contributed by atoms with Crippen molar-refractivity contribution in [2.24, 2.45) is 0 Å². The molecule has 0 aliphatic carbocycles. The van der Waals surface area contributed by atoms with Crippen LogP contribution in [-0.4, -0.2) is 67.4 Å². The third-order valence-corrected chi connectivity index (χ3v) is 5.21. The molecule has 1 amide bonds. The third kappa shape index (κ3) is 3.94. The van der Waals surface area contributed by atoms with Crippen LogP contribution in [0.3, 0.4) is 0 Å². The monoisotopic (exact) mass is 381 g/mol. The van der Waals surface area contributed by atoms with Gasteiger partial charge in [-0.15, -0.1) is 0 Å². The number of methoxy groups -OCH3 is 1. The van der Waals surface area contributed by atoms with Crippen LogP contribution in [0.4, 0.5) is 0 Å². The number of H-pyrrole nitrogens is 1. The summed E-state index contributed by atoms with van der Waals surface area (Å²) in [5, 5.41) is 8.06. The minimum absolute atomic E-state index is 0.00554. The van der Waals surface area contributed by atoms with Crippen molar-refractivity contribution in [3.8, 4) is 11.5 Å². The van der Waals surface area contributed by atoms with Gasteiger partial charge in [-0.1, -0.05) is 18.2 Å². The first-order valence-electron chi connectivity index (χ1n) is 9.57. The smallest absolute Gasteiger partial charge is 0.275 e. The number of nitrogens with one attached hydrogen (secondary N) is 2. The van der Waals surface area contributed by atoms with E-state index >= 15 is 0 Å². The van der Waals surface area contributed by atoms with Crippen LogP contribution < -0.4 is 14.4 Å². The summed E-state index contributed by atoms with van der Waals surface area (Å²) >= 11 is 0. The maximum absolute atomic E-state index is 12.8. The Bertz CT molecular complexity index is 930. The number of aromatic amines is 1. The quantitative estimate of drug-likeness (QED) is 0.668. The maximum atomic E-state index is 12.8. The summed E-state index contributed by atoms with van der Waals surface area (Å²) in [5.74, 6) is 1.67. The van der Waals surface area contributed by atoms with Crippen molar-refractivity contribution in [3.63, 3.8) is 0 Å². The molecule has 7 nitrogen and oxygen atoms in total. The Morgan fingerprint density at radius 2 is 1.82 bits per heavy atom. The number of fused-ring (bicyclic) bond motifs is 1. The Labute approximate surface area is 163 Å². The zero-order valence-electron chi connectivity index (χ0n) is 16.0. The number of nitrogens with zero attached hydrogens (tertiary/aromatic N) is 2. The highest BCUT2D eigenvalue weighted by Crippen LogP contribution is 2.17. The fourth-order valence-electron chi connectivity index (χ4n) is 3.54. The summed E-state index contributed by atoms with van der Waals surface area (Å²) < 4.78 is 11.0. The molecule has 28 heavy (non-hydrogen) atoms. The Kier molecular flexibility index (Phi) is 5.43. The maximum Gasteiger partial charge on any atom is 0.275 e. The molecule has 2 heterocycles. The summed E-state index contributed by atoms with van der Waals surface area (Å²) in [6.45, 7) is 4.87. The number of hydrogen-bond donors (Lipinski definition) is 2. The van der Waals surface area contributed by atoms with Gasteiger partial charge >= 0.3 is 0 Å². The number of hydrogen-bond acceptors (Lipinski definition) is 4. The number of quaternary nitrogens is 1. The van der Waals surface area contributed by atoms with Gasteiger partial charge in [0.2, 0.25) is 0 Å². The number of carbonyl (C=O) groups is 1. The van der Waals surface area contributed by atoms with Crippen molar-refractivity contribution < 1.29 is 19.2 Å². The van der Waals surface area contributed by atoms with Gasteiger partial charge in [0, 0.05) is 5.39 Å². The third-order valence-electron chi connectivity index (χ3n) is 5.21. The molecule has 0 bridgehead atoms. The number of ether oxygens (including phenoxy) is 2. The van der Waals surface area contributed by atoms with Crippen LogP contribution in [0.1, 0.15) is 10.5 Å². The van der Waals surface area contributed by atoms with Crippen molar-refractivity contribution in [2.75, 3.05) is 46.4 Å². The van der Waals surface area contributed by atoms with E-state index in [-0.39, 0.29) is 5.91 Å². The molecule has 0 saturated carbocycles. The van der Waals surface area contributed by atoms with Gasteiger partial charge in [0.15, 0.2) is 5.69 Å². The fraction of sp³-hybridized carbons (Fsp3) is 0.333. The molecule has 0 unspecified atom stereocenters. The standard InChI is InChI=1S/C21H24N4O3/c1-27-16-6-8-17(9-7-16)28-15-14-24-10-12-25(13-11-24)21(26)20-18-4-2-3-5-19(18)22-23-20/h2-9H,10-15H2,1H3,(H,22,23)/p+1. The highest BCUT2D eigenvalue weighted by atomic mass is 16.5. The number of benzene rings is 2. The van der Waals surface area contributed by atoms with Crippen LogP contribution in [0.25, 0.3) is 10.9 Å². The van der Waals surface area contributed by atoms with Crippen LogP contribution in [-0.2, 0) is 0 Å². The zero-order chi connectivity index (χ0) is 19.3. The molecule has 7 heteroatoms. The van der Waals surface area contributed by atoms with E-state index in [1.807, 2.05) is 53.4 Å². The minimum atomic E-state index is 0.00554. The molecule has 3 aromatic rings. The number of amides is 1. The summed E-state index contributed by atoms with van der Waals surface area (Å²) in [5.41, 5.74) is 1.41. The van der Waals surface area contributed by atoms with Crippen molar-refractivity contribution in [1.82, 2.24) is 15.1 Å². The van der Waals surface area contributed by atoms with Gasteiger partial charge in [-0.3, -0.25) is 9.89 Å². The molecular weight excluding hydrogens is 356 g/mol. The van der Waals surface area contributed by atoms with Crippen LogP contribution in [0, 0.1) is 0 Å². The van der Waals surface area contributed by atoms with E-state index in [1.165, 1.54) is 4.90 Å². The number of para-hydroxylation sites is 1. The Morgan fingerprint density at radius 3 is 2.57 bits per heavy atom. The average molecular weight is 381 g/mol. The van der Waals surface area contributed by atoms with E-state index in [2.05, 4.69) is 10.2 Å². The summed E-state index contributed by atoms with van der Waals surface area (Å²) in [7, 11) is 1.65. The lowest BCUT2D eigenvalue weighted by molar-refractivity contribution is -0.903. The van der Waals surface area contributed by atoms with Crippen molar-refractivity contribution in [1.29, 1.82) is 0 Å². The predicted molar refractivity (Wildman–Crippen MR) is 106 cm³/mol. The van der Waals surface area contributed by atoms with E-state index < -0.39 is 0 Å². The van der Waals surface area contributed by atoms with Gasteiger partial charge in [0.25, 0.3) is 5.91 Å². The fourth-order valence-corrected chi connectivity index (χ4v) is 3.54. The van der Waals surface area contributed by atoms with E-state index in [0.717, 1.165) is 55.1 Å². The van der Waals surface area contributed by atoms with Crippen LogP contribution >= 0.6 is 0 Å². The molecule has 0 radical (unpaired) electrons. The van der Waals surface area contributed by atoms with Crippen LogP contribution in [0.5, 0.6) is 11.5 Å². The number of aromatic nitrogens is 2. The van der Waals surface area contributed by atoms with Crippen molar-refractivity contribution in [2.45, 2.75) is 0 Å². The molecule has 1 fully saturated rings. The molecule has 0 spiro atoms.